The Kier molecular flexibility index (Phi) is 5.36. The molecule has 0 radical (unpaired) electrons. The van der Waals surface area contributed by atoms with Gasteiger partial charge in [-0.2, -0.15) is 0 Å². The molecule has 1 aliphatic rings. The number of hydrogen-bond acceptors (Lipinski definition) is 6. The van der Waals surface area contributed by atoms with Gasteiger partial charge in [-0.1, -0.05) is 12.6 Å². The van der Waals surface area contributed by atoms with Crippen LogP contribution in [0.15, 0.2) is 43.5 Å². The molecule has 1 aliphatic heterocycles. The number of rotatable bonds is 5. The van der Waals surface area contributed by atoms with Crippen LogP contribution < -0.4 is 16.2 Å². The lowest BCUT2D eigenvalue weighted by atomic mass is 9.98. The van der Waals surface area contributed by atoms with Crippen LogP contribution in [0, 0.1) is 5.92 Å². The smallest absolute Gasteiger partial charge is 0.257 e. The summed E-state index contributed by atoms with van der Waals surface area (Å²) in [5.41, 5.74) is 13.9. The average Bonchev–Trinajstić information content (AvgIpc) is 2.66. The number of benzene rings is 1. The summed E-state index contributed by atoms with van der Waals surface area (Å²) in [6.45, 7) is 5.61. The zero-order valence-corrected chi connectivity index (χ0v) is 14.6. The van der Waals surface area contributed by atoms with Crippen molar-refractivity contribution < 1.29 is 9.53 Å². The zero-order valence-electron chi connectivity index (χ0n) is 14.6. The Morgan fingerprint density at radius 3 is 2.85 bits per heavy atom. The maximum absolute atomic E-state index is 12.6. The highest BCUT2D eigenvalue weighted by molar-refractivity contribution is 5.93. The van der Waals surface area contributed by atoms with Crippen LogP contribution in [0.25, 0.3) is 5.70 Å². The van der Waals surface area contributed by atoms with Gasteiger partial charge < -0.3 is 21.1 Å². The molecule has 2 aromatic rings. The van der Waals surface area contributed by atoms with Crippen LogP contribution in [0.3, 0.4) is 0 Å². The minimum atomic E-state index is -0.0460. The number of aromatic nitrogens is 2. The van der Waals surface area contributed by atoms with E-state index in [0.29, 0.717) is 41.4 Å². The van der Waals surface area contributed by atoms with Crippen molar-refractivity contribution in [1.82, 2.24) is 14.9 Å². The minimum Gasteiger partial charge on any atom is -0.492 e. The second-order valence-electron chi connectivity index (χ2n) is 6.44. The Bertz CT molecular complexity index is 794. The molecular weight excluding hydrogens is 330 g/mol. The first kappa shape index (κ1) is 17.7. The molecule has 4 N–H and O–H groups in total. The third-order valence-corrected chi connectivity index (χ3v) is 4.47. The number of nitrogens with two attached hydrogens (primary N) is 2. The molecule has 2 heterocycles. The largest absolute Gasteiger partial charge is 0.492 e. The molecule has 1 aromatic carbocycles. The van der Waals surface area contributed by atoms with E-state index < -0.39 is 0 Å². The molecule has 0 saturated carbocycles. The molecule has 0 aliphatic carbocycles. The molecule has 136 valence electrons. The quantitative estimate of drug-likeness (QED) is 0.795. The first-order valence-corrected chi connectivity index (χ1v) is 8.56. The van der Waals surface area contributed by atoms with E-state index in [0.717, 1.165) is 19.4 Å². The molecule has 1 aromatic heterocycles. The van der Waals surface area contributed by atoms with Gasteiger partial charge in [0.1, 0.15) is 12.1 Å². The van der Waals surface area contributed by atoms with Crippen LogP contribution in [-0.4, -0.2) is 40.5 Å². The highest BCUT2D eigenvalue weighted by Gasteiger charge is 2.25. The van der Waals surface area contributed by atoms with E-state index in [9.17, 15) is 4.79 Å². The molecule has 7 nitrogen and oxygen atoms in total. The Hall–Kier alpha value is -3.09. The number of likely N-dealkylation sites (tertiary alicyclic amines) is 1. The van der Waals surface area contributed by atoms with Gasteiger partial charge in [0.2, 0.25) is 0 Å². The Morgan fingerprint density at radius 2 is 2.12 bits per heavy atom. The number of amides is 1. The predicted octanol–water partition coefficient (Wildman–Crippen LogP) is 1.92. The normalized spacial score (nSPS) is 16.9. The predicted molar refractivity (Wildman–Crippen MR) is 100 cm³/mol. The molecule has 1 fully saturated rings. The van der Waals surface area contributed by atoms with Crippen LogP contribution in [0.2, 0.25) is 0 Å². The van der Waals surface area contributed by atoms with Crippen molar-refractivity contribution in [2.45, 2.75) is 12.8 Å². The van der Waals surface area contributed by atoms with Gasteiger partial charge in [0.15, 0.2) is 0 Å². The van der Waals surface area contributed by atoms with Gasteiger partial charge >= 0.3 is 0 Å². The summed E-state index contributed by atoms with van der Waals surface area (Å²) in [6.07, 6.45) is 6.43. The second kappa shape index (κ2) is 7.86. The third kappa shape index (κ3) is 3.93. The van der Waals surface area contributed by atoms with Gasteiger partial charge in [0, 0.05) is 42.8 Å². The summed E-state index contributed by atoms with van der Waals surface area (Å²) in [4.78, 5) is 22.2. The zero-order chi connectivity index (χ0) is 18.5. The van der Waals surface area contributed by atoms with Crippen molar-refractivity contribution in [3.8, 4) is 5.75 Å². The van der Waals surface area contributed by atoms with Crippen molar-refractivity contribution in [2.24, 2.45) is 11.7 Å². The van der Waals surface area contributed by atoms with Gasteiger partial charge in [-0.3, -0.25) is 4.79 Å². The highest BCUT2D eigenvalue weighted by Crippen LogP contribution is 2.29. The lowest BCUT2D eigenvalue weighted by Crippen LogP contribution is -2.41. The van der Waals surface area contributed by atoms with E-state index in [4.69, 9.17) is 16.2 Å². The first-order chi connectivity index (χ1) is 12.6. The summed E-state index contributed by atoms with van der Waals surface area (Å²) in [5, 5.41) is 0. The molecule has 0 spiro atoms. The fraction of sp³-hybridized carbons (Fsp3) is 0.316. The van der Waals surface area contributed by atoms with Gasteiger partial charge in [-0.15, -0.1) is 0 Å². The molecule has 26 heavy (non-hydrogen) atoms. The topological polar surface area (TPSA) is 107 Å². The maximum atomic E-state index is 12.6. The van der Waals surface area contributed by atoms with Crippen molar-refractivity contribution in [3.63, 3.8) is 0 Å². The Labute approximate surface area is 152 Å². The van der Waals surface area contributed by atoms with Crippen LogP contribution in [-0.2, 0) is 0 Å². The van der Waals surface area contributed by atoms with E-state index in [1.54, 1.807) is 18.5 Å². The molecule has 7 heteroatoms. The highest BCUT2D eigenvalue weighted by atomic mass is 16.5. The van der Waals surface area contributed by atoms with E-state index in [-0.39, 0.29) is 11.8 Å². The Morgan fingerprint density at radius 1 is 1.35 bits per heavy atom. The van der Waals surface area contributed by atoms with Gasteiger partial charge in [-0.05, 0) is 25.0 Å². The first-order valence-electron chi connectivity index (χ1n) is 8.56. The van der Waals surface area contributed by atoms with Crippen LogP contribution in [0.1, 0.15) is 28.8 Å². The fourth-order valence-electron chi connectivity index (χ4n) is 3.20. The molecule has 0 unspecified atom stereocenters. The number of piperidine rings is 1. The lowest BCUT2D eigenvalue weighted by Gasteiger charge is -2.32. The SMILES string of the molecule is C=C(N)c1c(N)cccc1OC[C@H]1CCCN(C(=O)c2cncnc2)C1. The van der Waals surface area contributed by atoms with Crippen molar-refractivity contribution in [3.05, 3.63) is 54.6 Å². The fourth-order valence-corrected chi connectivity index (χ4v) is 3.20. The third-order valence-electron chi connectivity index (χ3n) is 4.47. The van der Waals surface area contributed by atoms with Crippen molar-refractivity contribution >= 4 is 17.3 Å². The number of nitrogen functional groups attached to an aromatic ring is 1. The molecule has 1 amide bonds. The summed E-state index contributed by atoms with van der Waals surface area (Å²) in [5.74, 6) is 0.811. The number of ether oxygens (including phenoxy) is 1. The summed E-state index contributed by atoms with van der Waals surface area (Å²) in [7, 11) is 0. The van der Waals surface area contributed by atoms with E-state index in [1.807, 2.05) is 17.0 Å². The second-order valence-corrected chi connectivity index (χ2v) is 6.44. The van der Waals surface area contributed by atoms with Crippen molar-refractivity contribution in [2.75, 3.05) is 25.4 Å². The number of hydrogen-bond donors (Lipinski definition) is 2. The summed E-state index contributed by atoms with van der Waals surface area (Å²) in [6, 6.07) is 5.42. The monoisotopic (exact) mass is 353 g/mol. The van der Waals surface area contributed by atoms with Gasteiger partial charge in [-0.25, -0.2) is 9.97 Å². The van der Waals surface area contributed by atoms with Crippen LogP contribution in [0.4, 0.5) is 5.69 Å². The molecule has 0 bridgehead atoms. The number of carbonyl (C=O) groups excluding carboxylic acids is 1. The van der Waals surface area contributed by atoms with Gasteiger partial charge in [0.05, 0.1) is 17.7 Å². The molecule has 1 saturated heterocycles. The summed E-state index contributed by atoms with van der Waals surface area (Å²) >= 11 is 0. The molecule has 1 atom stereocenters. The van der Waals surface area contributed by atoms with Crippen molar-refractivity contribution in [1.29, 1.82) is 0 Å². The average molecular weight is 353 g/mol. The van der Waals surface area contributed by atoms with Gasteiger partial charge in [0.25, 0.3) is 5.91 Å². The molecule has 3 rings (SSSR count). The van der Waals surface area contributed by atoms with E-state index >= 15 is 0 Å². The maximum Gasteiger partial charge on any atom is 0.257 e. The van der Waals surface area contributed by atoms with Crippen LogP contribution in [0.5, 0.6) is 5.75 Å². The van der Waals surface area contributed by atoms with Crippen LogP contribution >= 0.6 is 0 Å². The van der Waals surface area contributed by atoms with E-state index in [2.05, 4.69) is 16.5 Å². The molecular formula is C19H23N5O2. The summed E-state index contributed by atoms with van der Waals surface area (Å²) < 4.78 is 5.97. The number of nitrogens with zero attached hydrogens (tertiary/aromatic N) is 3. The number of carbonyl (C=O) groups is 1. The lowest BCUT2D eigenvalue weighted by molar-refractivity contribution is 0.0632. The minimum absolute atomic E-state index is 0.0460. The Balaban J connectivity index is 1.64. The number of anilines is 1. The van der Waals surface area contributed by atoms with E-state index in [1.165, 1.54) is 6.33 Å². The standard InChI is InChI=1S/C19H23N5O2/c1-13(20)18-16(21)5-2-6-17(18)26-11-14-4-3-7-24(10-14)19(25)15-8-22-12-23-9-15/h2,5-6,8-9,12,14H,1,3-4,7,10-11,20-21H2/t14-/m0/s1.